The Balaban J connectivity index is 2.27. The summed E-state index contributed by atoms with van der Waals surface area (Å²) < 4.78 is 24.6. The summed E-state index contributed by atoms with van der Waals surface area (Å²) in [5, 5.41) is 2.90. The Morgan fingerprint density at radius 3 is 2.22 bits per heavy atom. The Morgan fingerprint density at radius 2 is 1.61 bits per heavy atom. The molecule has 1 amide bonds. The zero-order valence-corrected chi connectivity index (χ0v) is 14.2. The van der Waals surface area contributed by atoms with Gasteiger partial charge in [-0.3, -0.25) is 9.10 Å². The maximum Gasteiger partial charge on any atom is 0.253 e. The lowest BCUT2D eigenvalue weighted by molar-refractivity contribution is 0.0940. The largest absolute Gasteiger partial charge is 0.345 e. The molecule has 0 heterocycles. The number of nitrogens with zero attached hydrogens (tertiary/aromatic N) is 1. The first kappa shape index (κ1) is 17.0. The lowest BCUT2D eigenvalue weighted by Crippen LogP contribution is -2.31. The van der Waals surface area contributed by atoms with Gasteiger partial charge in [-0.25, -0.2) is 8.42 Å². The van der Waals surface area contributed by atoms with Crippen molar-refractivity contribution in [3.63, 3.8) is 0 Å². The molecule has 0 spiro atoms. The number of hydrogen-bond donors (Lipinski definition) is 1. The van der Waals surface area contributed by atoms with E-state index in [0.717, 1.165) is 16.1 Å². The number of nitrogens with one attached hydrogen (secondary N) is 1. The topological polar surface area (TPSA) is 66.5 Å². The minimum absolute atomic E-state index is 0.180. The van der Waals surface area contributed by atoms with Gasteiger partial charge in [0.05, 0.1) is 23.5 Å². The highest BCUT2D eigenvalue weighted by atomic mass is 32.2. The van der Waals surface area contributed by atoms with Gasteiger partial charge in [0.2, 0.25) is 10.0 Å². The second-order valence-electron chi connectivity index (χ2n) is 5.35. The third kappa shape index (κ3) is 4.10. The second kappa shape index (κ2) is 6.83. The number of para-hydroxylation sites is 1. The molecular formula is C17H20N2O3S. The quantitative estimate of drug-likeness (QED) is 0.915. The summed E-state index contributed by atoms with van der Waals surface area (Å²) in [6.07, 6.45) is 1.11. The van der Waals surface area contributed by atoms with E-state index in [2.05, 4.69) is 5.32 Å². The summed E-state index contributed by atoms with van der Waals surface area (Å²) in [5.74, 6) is -0.313. The maximum absolute atomic E-state index is 12.5. The fourth-order valence-corrected chi connectivity index (χ4v) is 2.73. The van der Waals surface area contributed by atoms with Gasteiger partial charge < -0.3 is 5.32 Å². The number of anilines is 1. The molecule has 2 rings (SSSR count). The third-order valence-electron chi connectivity index (χ3n) is 3.63. The minimum Gasteiger partial charge on any atom is -0.345 e. The van der Waals surface area contributed by atoms with Crippen LogP contribution in [0, 0.1) is 0 Å². The van der Waals surface area contributed by atoms with Crippen LogP contribution >= 0.6 is 0 Å². The van der Waals surface area contributed by atoms with E-state index in [1.54, 1.807) is 24.3 Å². The van der Waals surface area contributed by atoms with Crippen molar-refractivity contribution in [1.82, 2.24) is 5.32 Å². The number of rotatable bonds is 5. The van der Waals surface area contributed by atoms with Gasteiger partial charge in [-0.2, -0.15) is 0 Å². The number of amides is 1. The highest BCUT2D eigenvalue weighted by Gasteiger charge is 2.20. The standard InChI is InChI=1S/C17H20N2O3S/c1-13(14-9-5-4-6-10-14)18-17(20)15-11-7-8-12-16(15)19(2)23(3,21)22/h4-13H,1-3H3,(H,18,20)/t13-/m0/s1. The van der Waals surface area contributed by atoms with Crippen molar-refractivity contribution in [2.45, 2.75) is 13.0 Å². The van der Waals surface area contributed by atoms with Gasteiger partial charge in [-0.1, -0.05) is 42.5 Å². The smallest absolute Gasteiger partial charge is 0.253 e. The molecule has 0 aromatic heterocycles. The number of benzene rings is 2. The molecule has 0 saturated carbocycles. The fraction of sp³-hybridized carbons (Fsp3) is 0.235. The van der Waals surface area contributed by atoms with E-state index in [0.29, 0.717) is 11.3 Å². The highest BCUT2D eigenvalue weighted by molar-refractivity contribution is 7.92. The Morgan fingerprint density at radius 1 is 1.04 bits per heavy atom. The van der Waals surface area contributed by atoms with Gasteiger partial charge >= 0.3 is 0 Å². The van der Waals surface area contributed by atoms with Crippen molar-refractivity contribution in [2.75, 3.05) is 17.6 Å². The summed E-state index contributed by atoms with van der Waals surface area (Å²) >= 11 is 0. The molecule has 122 valence electrons. The number of sulfonamides is 1. The van der Waals surface area contributed by atoms with Gasteiger partial charge in [-0.05, 0) is 24.6 Å². The fourth-order valence-electron chi connectivity index (χ4n) is 2.22. The van der Waals surface area contributed by atoms with E-state index in [-0.39, 0.29) is 11.9 Å². The van der Waals surface area contributed by atoms with E-state index < -0.39 is 10.0 Å². The SMILES string of the molecule is C[C@H](NC(=O)c1ccccc1N(C)S(C)(=O)=O)c1ccccc1. The van der Waals surface area contributed by atoms with Crippen LogP contribution in [-0.2, 0) is 10.0 Å². The molecule has 0 fully saturated rings. The predicted octanol–water partition coefficient (Wildman–Crippen LogP) is 2.57. The molecule has 2 aromatic carbocycles. The van der Waals surface area contributed by atoms with Crippen LogP contribution in [0.3, 0.4) is 0 Å². The first-order valence-electron chi connectivity index (χ1n) is 7.19. The van der Waals surface area contributed by atoms with Crippen LogP contribution in [0.1, 0.15) is 28.9 Å². The Bertz CT molecular complexity index is 788. The molecule has 1 atom stereocenters. The summed E-state index contributed by atoms with van der Waals surface area (Å²) in [5.41, 5.74) is 1.66. The molecule has 2 aromatic rings. The number of carbonyl (C=O) groups excluding carboxylic acids is 1. The summed E-state index contributed by atoms with van der Waals surface area (Å²) in [4.78, 5) is 12.5. The van der Waals surface area contributed by atoms with Crippen molar-refractivity contribution >= 4 is 21.6 Å². The summed E-state index contributed by atoms with van der Waals surface area (Å²) in [7, 11) is -2.01. The van der Waals surface area contributed by atoms with Crippen molar-refractivity contribution in [2.24, 2.45) is 0 Å². The maximum atomic E-state index is 12.5. The van der Waals surface area contributed by atoms with Crippen LogP contribution in [0.5, 0.6) is 0 Å². The van der Waals surface area contributed by atoms with Gasteiger partial charge in [0, 0.05) is 7.05 Å². The van der Waals surface area contributed by atoms with E-state index >= 15 is 0 Å². The van der Waals surface area contributed by atoms with Gasteiger partial charge in [0.1, 0.15) is 0 Å². The Labute approximate surface area is 137 Å². The first-order chi connectivity index (χ1) is 10.8. The van der Waals surface area contributed by atoms with Crippen molar-refractivity contribution in [3.05, 3.63) is 65.7 Å². The zero-order chi connectivity index (χ0) is 17.0. The van der Waals surface area contributed by atoms with Crippen LogP contribution in [0.15, 0.2) is 54.6 Å². The average Bonchev–Trinajstić information content (AvgIpc) is 2.54. The van der Waals surface area contributed by atoms with E-state index in [1.807, 2.05) is 37.3 Å². The van der Waals surface area contributed by atoms with Crippen molar-refractivity contribution in [3.8, 4) is 0 Å². The summed E-state index contributed by atoms with van der Waals surface area (Å²) in [6.45, 7) is 1.89. The zero-order valence-electron chi connectivity index (χ0n) is 13.4. The van der Waals surface area contributed by atoms with Gasteiger partial charge in [0.15, 0.2) is 0 Å². The third-order valence-corrected chi connectivity index (χ3v) is 4.82. The average molecular weight is 332 g/mol. The minimum atomic E-state index is -3.44. The molecule has 0 aliphatic rings. The molecule has 6 heteroatoms. The molecule has 0 bridgehead atoms. The number of hydrogen-bond acceptors (Lipinski definition) is 3. The molecular weight excluding hydrogens is 312 g/mol. The number of carbonyl (C=O) groups is 1. The molecule has 5 nitrogen and oxygen atoms in total. The van der Waals surface area contributed by atoms with Gasteiger partial charge in [-0.15, -0.1) is 0 Å². The Hall–Kier alpha value is -2.34. The predicted molar refractivity (Wildman–Crippen MR) is 92.0 cm³/mol. The molecule has 1 N–H and O–H groups in total. The molecule has 0 radical (unpaired) electrons. The summed E-state index contributed by atoms with van der Waals surface area (Å²) in [6, 6.07) is 16.0. The van der Waals surface area contributed by atoms with Crippen LogP contribution in [0.2, 0.25) is 0 Å². The molecule has 23 heavy (non-hydrogen) atoms. The molecule has 0 unspecified atom stereocenters. The first-order valence-corrected chi connectivity index (χ1v) is 9.04. The molecule has 0 aliphatic carbocycles. The van der Waals surface area contributed by atoms with Crippen LogP contribution in [0.4, 0.5) is 5.69 Å². The van der Waals surface area contributed by atoms with Crippen molar-refractivity contribution < 1.29 is 13.2 Å². The van der Waals surface area contributed by atoms with E-state index in [9.17, 15) is 13.2 Å². The molecule has 0 aliphatic heterocycles. The molecule has 0 saturated heterocycles. The monoisotopic (exact) mass is 332 g/mol. The van der Waals surface area contributed by atoms with E-state index in [1.165, 1.54) is 7.05 Å². The normalized spacial score (nSPS) is 12.5. The second-order valence-corrected chi connectivity index (χ2v) is 7.37. The Kier molecular flexibility index (Phi) is 5.05. The van der Waals surface area contributed by atoms with E-state index in [4.69, 9.17) is 0 Å². The lowest BCUT2D eigenvalue weighted by atomic mass is 10.1. The highest BCUT2D eigenvalue weighted by Crippen LogP contribution is 2.22. The van der Waals surface area contributed by atoms with Gasteiger partial charge in [0.25, 0.3) is 5.91 Å². The van der Waals surface area contributed by atoms with Crippen LogP contribution in [0.25, 0.3) is 0 Å². The van der Waals surface area contributed by atoms with Crippen molar-refractivity contribution in [1.29, 1.82) is 0 Å². The van der Waals surface area contributed by atoms with Crippen LogP contribution in [-0.4, -0.2) is 27.6 Å². The lowest BCUT2D eigenvalue weighted by Gasteiger charge is -2.21. The van der Waals surface area contributed by atoms with Crippen LogP contribution < -0.4 is 9.62 Å².